The summed E-state index contributed by atoms with van der Waals surface area (Å²) >= 11 is 0. The number of nitrogens with one attached hydrogen (secondary N) is 1. The Kier molecular flexibility index (Phi) is 3.65. The molecule has 1 N–H and O–H groups in total. The highest BCUT2D eigenvalue weighted by Crippen LogP contribution is 2.17. The predicted molar refractivity (Wildman–Crippen MR) is 70.3 cm³/mol. The highest BCUT2D eigenvalue weighted by molar-refractivity contribution is 6.02. The van der Waals surface area contributed by atoms with Crippen LogP contribution in [0.15, 0.2) is 24.3 Å². The topological polar surface area (TPSA) is 49.4 Å². The Labute approximate surface area is 107 Å². The maximum absolute atomic E-state index is 11.3. The van der Waals surface area contributed by atoms with E-state index in [9.17, 15) is 9.59 Å². The minimum atomic E-state index is -0.238. The molecule has 0 saturated carbocycles. The van der Waals surface area contributed by atoms with Gasteiger partial charge in [0, 0.05) is 5.69 Å². The molecule has 0 aromatic heterocycles. The van der Waals surface area contributed by atoms with Crippen molar-refractivity contribution in [2.45, 2.75) is 20.3 Å². The molecule has 0 spiro atoms. The summed E-state index contributed by atoms with van der Waals surface area (Å²) in [6, 6.07) is 8.08. The number of carbonyl (C=O) groups excluding carboxylic acids is 2. The largest absolute Gasteiger partial charge is 0.353 e. The van der Waals surface area contributed by atoms with Gasteiger partial charge >= 0.3 is 0 Å². The van der Waals surface area contributed by atoms with Gasteiger partial charge in [0.15, 0.2) is 0 Å². The van der Waals surface area contributed by atoms with E-state index in [1.807, 2.05) is 12.1 Å². The molecule has 4 nitrogen and oxygen atoms in total. The molecule has 0 unspecified atom stereocenters. The van der Waals surface area contributed by atoms with Crippen molar-refractivity contribution in [2.24, 2.45) is 5.92 Å². The summed E-state index contributed by atoms with van der Waals surface area (Å²) < 4.78 is 0. The zero-order valence-electron chi connectivity index (χ0n) is 10.8. The van der Waals surface area contributed by atoms with Crippen LogP contribution in [0.25, 0.3) is 0 Å². The third-order valence-electron chi connectivity index (χ3n) is 2.89. The van der Waals surface area contributed by atoms with E-state index >= 15 is 0 Å². The fourth-order valence-corrected chi connectivity index (χ4v) is 2.13. The summed E-state index contributed by atoms with van der Waals surface area (Å²) in [5.74, 6) is 0.146. The second kappa shape index (κ2) is 5.21. The molecular weight excluding hydrogens is 228 g/mol. The number of nitrogens with zero attached hydrogens (tertiary/aromatic N) is 1. The lowest BCUT2D eigenvalue weighted by atomic mass is 10.0. The van der Waals surface area contributed by atoms with Crippen LogP contribution in [0.4, 0.5) is 5.69 Å². The number of imide groups is 1. The van der Waals surface area contributed by atoms with Crippen molar-refractivity contribution in [3.05, 3.63) is 29.8 Å². The van der Waals surface area contributed by atoms with Crippen molar-refractivity contribution in [3.63, 3.8) is 0 Å². The van der Waals surface area contributed by atoms with E-state index in [2.05, 4.69) is 31.3 Å². The molecule has 18 heavy (non-hydrogen) atoms. The molecule has 1 saturated heterocycles. The molecule has 0 aliphatic carbocycles. The minimum Gasteiger partial charge on any atom is -0.353 e. The Hall–Kier alpha value is -1.84. The van der Waals surface area contributed by atoms with E-state index in [-0.39, 0.29) is 24.9 Å². The van der Waals surface area contributed by atoms with Crippen molar-refractivity contribution in [3.8, 4) is 0 Å². The predicted octanol–water partition coefficient (Wildman–Crippen LogP) is 1.35. The van der Waals surface area contributed by atoms with Crippen molar-refractivity contribution in [1.82, 2.24) is 5.32 Å². The van der Waals surface area contributed by atoms with Crippen LogP contribution in [0.5, 0.6) is 0 Å². The Morgan fingerprint density at radius 3 is 2.17 bits per heavy atom. The van der Waals surface area contributed by atoms with Crippen LogP contribution in [-0.4, -0.2) is 24.9 Å². The molecule has 1 aliphatic heterocycles. The second-order valence-electron chi connectivity index (χ2n) is 5.09. The lowest BCUT2D eigenvalue weighted by molar-refractivity contribution is -0.130. The van der Waals surface area contributed by atoms with Crippen LogP contribution in [0.2, 0.25) is 0 Å². The number of hydrogen-bond acceptors (Lipinski definition) is 3. The third-order valence-corrected chi connectivity index (χ3v) is 2.89. The minimum absolute atomic E-state index is 0.238. The highest BCUT2D eigenvalue weighted by atomic mass is 16.2. The zero-order valence-corrected chi connectivity index (χ0v) is 10.8. The first kappa shape index (κ1) is 12.6. The quantitative estimate of drug-likeness (QED) is 0.819. The molecule has 1 aromatic carbocycles. The Morgan fingerprint density at radius 1 is 1.11 bits per heavy atom. The van der Waals surface area contributed by atoms with E-state index in [4.69, 9.17) is 0 Å². The number of rotatable bonds is 3. The van der Waals surface area contributed by atoms with Gasteiger partial charge in [-0.2, -0.15) is 0 Å². The first-order chi connectivity index (χ1) is 8.54. The fraction of sp³-hybridized carbons (Fsp3) is 0.429. The standard InChI is InChI=1S/C14H18N2O2/c1-10(2)7-11-3-5-12(6-4-11)16-8-13(17)15-14(18)9-16/h3-6,10H,7-9H2,1-2H3,(H,15,17,18). The molecular formula is C14H18N2O2. The summed E-state index contributed by atoms with van der Waals surface area (Å²) in [5.41, 5.74) is 2.20. The van der Waals surface area contributed by atoms with Crippen LogP contribution in [-0.2, 0) is 16.0 Å². The van der Waals surface area contributed by atoms with Gasteiger partial charge in [-0.05, 0) is 30.0 Å². The van der Waals surface area contributed by atoms with Gasteiger partial charge in [0.25, 0.3) is 0 Å². The smallest absolute Gasteiger partial charge is 0.246 e. The van der Waals surface area contributed by atoms with Crippen LogP contribution in [0, 0.1) is 5.92 Å². The van der Waals surface area contributed by atoms with Crippen molar-refractivity contribution < 1.29 is 9.59 Å². The molecule has 0 radical (unpaired) electrons. The maximum atomic E-state index is 11.3. The summed E-state index contributed by atoms with van der Waals surface area (Å²) in [6.07, 6.45) is 1.04. The summed E-state index contributed by atoms with van der Waals surface area (Å²) in [5, 5.41) is 2.30. The molecule has 0 atom stereocenters. The average molecular weight is 246 g/mol. The summed E-state index contributed by atoms with van der Waals surface area (Å²) in [4.78, 5) is 24.4. The van der Waals surface area contributed by atoms with Crippen LogP contribution < -0.4 is 10.2 Å². The molecule has 1 aliphatic rings. The Morgan fingerprint density at radius 2 is 1.67 bits per heavy atom. The number of amides is 2. The summed E-state index contributed by atoms with van der Waals surface area (Å²) in [6.45, 7) is 4.85. The van der Waals surface area contributed by atoms with E-state index in [0.29, 0.717) is 5.92 Å². The van der Waals surface area contributed by atoms with Gasteiger partial charge < -0.3 is 4.90 Å². The van der Waals surface area contributed by atoms with Gasteiger partial charge in [0.05, 0.1) is 13.1 Å². The average Bonchev–Trinajstić information content (AvgIpc) is 2.27. The molecule has 1 aromatic rings. The Bertz CT molecular complexity index is 435. The van der Waals surface area contributed by atoms with E-state index in [0.717, 1.165) is 12.1 Å². The van der Waals surface area contributed by atoms with Gasteiger partial charge in [0.1, 0.15) is 0 Å². The number of carbonyl (C=O) groups is 2. The molecule has 1 fully saturated rings. The number of piperazine rings is 1. The van der Waals surface area contributed by atoms with Crippen LogP contribution in [0.1, 0.15) is 19.4 Å². The zero-order chi connectivity index (χ0) is 13.1. The fourth-order valence-electron chi connectivity index (χ4n) is 2.13. The van der Waals surface area contributed by atoms with Gasteiger partial charge in [-0.1, -0.05) is 26.0 Å². The molecule has 4 heteroatoms. The van der Waals surface area contributed by atoms with Gasteiger partial charge in [-0.25, -0.2) is 0 Å². The normalized spacial score (nSPS) is 16.1. The lowest BCUT2D eigenvalue weighted by Gasteiger charge is -2.27. The Balaban J connectivity index is 2.09. The van der Waals surface area contributed by atoms with E-state index in [1.165, 1.54) is 5.56 Å². The van der Waals surface area contributed by atoms with Crippen molar-refractivity contribution in [2.75, 3.05) is 18.0 Å². The first-order valence-corrected chi connectivity index (χ1v) is 6.21. The number of anilines is 1. The SMILES string of the molecule is CC(C)Cc1ccc(N2CC(=O)NC(=O)C2)cc1. The maximum Gasteiger partial charge on any atom is 0.246 e. The van der Waals surface area contributed by atoms with E-state index in [1.54, 1.807) is 4.90 Å². The molecule has 1 heterocycles. The van der Waals surface area contributed by atoms with Crippen molar-refractivity contribution >= 4 is 17.5 Å². The summed E-state index contributed by atoms with van der Waals surface area (Å²) in [7, 11) is 0. The second-order valence-corrected chi connectivity index (χ2v) is 5.09. The van der Waals surface area contributed by atoms with Gasteiger partial charge in [0.2, 0.25) is 11.8 Å². The molecule has 96 valence electrons. The molecule has 2 amide bonds. The van der Waals surface area contributed by atoms with Gasteiger partial charge in [-0.15, -0.1) is 0 Å². The highest BCUT2D eigenvalue weighted by Gasteiger charge is 2.22. The van der Waals surface area contributed by atoms with Gasteiger partial charge in [-0.3, -0.25) is 14.9 Å². The van der Waals surface area contributed by atoms with E-state index < -0.39 is 0 Å². The molecule has 0 bridgehead atoms. The third kappa shape index (κ3) is 3.09. The number of benzene rings is 1. The first-order valence-electron chi connectivity index (χ1n) is 6.21. The lowest BCUT2D eigenvalue weighted by Crippen LogP contribution is -2.51. The van der Waals surface area contributed by atoms with Crippen LogP contribution >= 0.6 is 0 Å². The van der Waals surface area contributed by atoms with Crippen molar-refractivity contribution in [1.29, 1.82) is 0 Å². The monoisotopic (exact) mass is 246 g/mol. The number of hydrogen-bond donors (Lipinski definition) is 1. The molecule has 2 rings (SSSR count). The van der Waals surface area contributed by atoms with Crippen LogP contribution in [0.3, 0.4) is 0 Å².